The summed E-state index contributed by atoms with van der Waals surface area (Å²) in [5, 5.41) is 2.46. The van der Waals surface area contributed by atoms with E-state index < -0.39 is 18.0 Å². The van der Waals surface area contributed by atoms with Crippen molar-refractivity contribution in [2.24, 2.45) is 34.8 Å². The van der Waals surface area contributed by atoms with Crippen LogP contribution in [0, 0.1) is 29.1 Å². The Kier molecular flexibility index (Phi) is 5.44. The molecule has 0 aliphatic heterocycles. The molecular formula is C19H32N4O3. The van der Waals surface area contributed by atoms with Crippen LogP contribution in [-0.4, -0.2) is 23.9 Å². The van der Waals surface area contributed by atoms with Crippen LogP contribution in [0.15, 0.2) is 0 Å². The zero-order chi connectivity index (χ0) is 18.9. The fourth-order valence-electron chi connectivity index (χ4n) is 5.96. The highest BCUT2D eigenvalue weighted by Crippen LogP contribution is 2.61. The van der Waals surface area contributed by atoms with Crippen molar-refractivity contribution in [2.75, 3.05) is 0 Å². The van der Waals surface area contributed by atoms with Crippen molar-refractivity contribution in [1.29, 1.82) is 0 Å². The van der Waals surface area contributed by atoms with Crippen LogP contribution in [0.2, 0.25) is 0 Å². The van der Waals surface area contributed by atoms with Gasteiger partial charge in [-0.25, -0.2) is 4.79 Å². The zero-order valence-electron chi connectivity index (χ0n) is 15.8. The fourth-order valence-corrected chi connectivity index (χ4v) is 5.96. The van der Waals surface area contributed by atoms with Crippen molar-refractivity contribution < 1.29 is 14.4 Å². The highest BCUT2D eigenvalue weighted by Gasteiger charge is 2.51. The highest BCUT2D eigenvalue weighted by molar-refractivity contribution is 5.88. The largest absolute Gasteiger partial charge is 0.352 e. The predicted octanol–water partition coefficient (Wildman–Crippen LogP) is 1.82. The molecular weight excluding hydrogens is 332 g/mol. The minimum Gasteiger partial charge on any atom is -0.352 e. The van der Waals surface area contributed by atoms with E-state index in [4.69, 9.17) is 5.73 Å². The molecule has 4 bridgehead atoms. The van der Waals surface area contributed by atoms with E-state index in [0.717, 1.165) is 37.0 Å². The summed E-state index contributed by atoms with van der Waals surface area (Å²) in [6, 6.07) is -1.50. The third-order valence-electron chi connectivity index (χ3n) is 6.82. The van der Waals surface area contributed by atoms with Gasteiger partial charge in [0.2, 0.25) is 5.91 Å². The van der Waals surface area contributed by atoms with Gasteiger partial charge >= 0.3 is 6.03 Å². The van der Waals surface area contributed by atoms with Crippen LogP contribution in [-0.2, 0) is 9.59 Å². The second kappa shape index (κ2) is 7.45. The Labute approximate surface area is 155 Å². The van der Waals surface area contributed by atoms with E-state index in [1.165, 1.54) is 19.3 Å². The molecule has 0 radical (unpaired) electrons. The summed E-state index contributed by atoms with van der Waals surface area (Å²) in [7, 11) is 0. The molecule has 0 spiro atoms. The number of nitrogens with two attached hydrogens (primary N) is 1. The minimum atomic E-state index is -0.752. The normalized spacial score (nSPS) is 34.0. The minimum absolute atomic E-state index is 0.0810. The molecule has 0 heterocycles. The highest BCUT2D eigenvalue weighted by atomic mass is 16.2. The van der Waals surface area contributed by atoms with Gasteiger partial charge in [-0.2, -0.15) is 0 Å². The Bertz CT molecular complexity index is 542. The number of amides is 4. The third-order valence-corrected chi connectivity index (χ3v) is 6.82. The van der Waals surface area contributed by atoms with E-state index in [2.05, 4.69) is 16.2 Å². The van der Waals surface area contributed by atoms with Crippen molar-refractivity contribution in [1.82, 2.24) is 16.2 Å². The smallest absolute Gasteiger partial charge is 0.312 e. The topological polar surface area (TPSA) is 113 Å². The van der Waals surface area contributed by atoms with E-state index in [1.807, 2.05) is 13.8 Å². The lowest BCUT2D eigenvalue weighted by Crippen LogP contribution is -2.56. The molecule has 7 nitrogen and oxygen atoms in total. The molecule has 4 rings (SSSR count). The summed E-state index contributed by atoms with van der Waals surface area (Å²) in [5.41, 5.74) is 10.3. The molecule has 26 heavy (non-hydrogen) atoms. The Hall–Kier alpha value is -1.79. The number of nitrogens with one attached hydrogen (secondary N) is 3. The first kappa shape index (κ1) is 19.0. The van der Waals surface area contributed by atoms with Gasteiger partial charge in [-0.3, -0.25) is 20.4 Å². The maximum absolute atomic E-state index is 12.5. The van der Waals surface area contributed by atoms with Crippen molar-refractivity contribution in [3.63, 3.8) is 0 Å². The number of hydrogen-bond acceptors (Lipinski definition) is 3. The monoisotopic (exact) mass is 364 g/mol. The molecule has 7 heteroatoms. The van der Waals surface area contributed by atoms with Gasteiger partial charge < -0.3 is 11.1 Å². The van der Waals surface area contributed by atoms with Crippen molar-refractivity contribution in [3.8, 4) is 0 Å². The Morgan fingerprint density at radius 2 is 1.58 bits per heavy atom. The molecule has 4 amide bonds. The number of carbonyl (C=O) groups excluding carboxylic acids is 3. The van der Waals surface area contributed by atoms with E-state index in [1.54, 1.807) is 0 Å². The van der Waals surface area contributed by atoms with Gasteiger partial charge in [-0.15, -0.1) is 0 Å². The number of hydrogen-bond donors (Lipinski definition) is 4. The lowest BCUT2D eigenvalue weighted by Gasteiger charge is -2.56. The number of primary amides is 1. The molecule has 2 atom stereocenters. The summed E-state index contributed by atoms with van der Waals surface area (Å²) < 4.78 is 0. The molecule has 0 aromatic rings. The second-order valence-corrected chi connectivity index (χ2v) is 9.00. The summed E-state index contributed by atoms with van der Waals surface area (Å²) >= 11 is 0. The maximum atomic E-state index is 12.5. The lowest BCUT2D eigenvalue weighted by atomic mass is 9.49. The van der Waals surface area contributed by atoms with Gasteiger partial charge in [0.1, 0.15) is 6.04 Å². The first-order valence-corrected chi connectivity index (χ1v) is 9.95. The number of urea groups is 1. The SMILES string of the molecule is CC[C@H](C)[C@@H](NC(N)=O)C(=O)NNC(=O)CC12CC3CC(CC(C3)C1)C2. The quantitative estimate of drug-likeness (QED) is 0.539. The summed E-state index contributed by atoms with van der Waals surface area (Å²) in [6.45, 7) is 3.79. The van der Waals surface area contributed by atoms with Crippen LogP contribution >= 0.6 is 0 Å². The maximum Gasteiger partial charge on any atom is 0.312 e. The van der Waals surface area contributed by atoms with Crippen LogP contribution in [0.5, 0.6) is 0 Å². The molecule has 146 valence electrons. The second-order valence-electron chi connectivity index (χ2n) is 9.00. The first-order chi connectivity index (χ1) is 12.3. The summed E-state index contributed by atoms with van der Waals surface area (Å²) in [6.07, 6.45) is 8.66. The third kappa shape index (κ3) is 4.13. The Morgan fingerprint density at radius 3 is 2.04 bits per heavy atom. The number of hydrazine groups is 1. The van der Waals surface area contributed by atoms with Crippen molar-refractivity contribution in [3.05, 3.63) is 0 Å². The van der Waals surface area contributed by atoms with Crippen LogP contribution in [0.4, 0.5) is 4.79 Å². The molecule has 4 fully saturated rings. The van der Waals surface area contributed by atoms with Gasteiger partial charge in [0.15, 0.2) is 0 Å². The molecule has 0 aromatic heterocycles. The van der Waals surface area contributed by atoms with Crippen molar-refractivity contribution >= 4 is 17.8 Å². The molecule has 0 aromatic carbocycles. The van der Waals surface area contributed by atoms with Gasteiger partial charge in [-0.1, -0.05) is 20.3 Å². The van der Waals surface area contributed by atoms with Crippen molar-refractivity contribution in [2.45, 2.75) is 71.3 Å². The first-order valence-electron chi connectivity index (χ1n) is 9.95. The molecule has 0 saturated heterocycles. The van der Waals surface area contributed by atoms with Crippen LogP contribution in [0.1, 0.15) is 65.2 Å². The average Bonchev–Trinajstić information content (AvgIpc) is 2.55. The molecule has 4 saturated carbocycles. The van der Waals surface area contributed by atoms with Gasteiger partial charge in [-0.05, 0) is 67.6 Å². The van der Waals surface area contributed by atoms with E-state index >= 15 is 0 Å². The summed E-state index contributed by atoms with van der Waals surface area (Å²) in [4.78, 5) is 36.0. The van der Waals surface area contributed by atoms with Crippen LogP contribution in [0.25, 0.3) is 0 Å². The Balaban J connectivity index is 1.52. The number of rotatable bonds is 6. The van der Waals surface area contributed by atoms with Crippen LogP contribution < -0.4 is 21.9 Å². The fraction of sp³-hybridized carbons (Fsp3) is 0.842. The van der Waals surface area contributed by atoms with Gasteiger partial charge in [0.05, 0.1) is 0 Å². The Morgan fingerprint density at radius 1 is 1.04 bits per heavy atom. The standard InChI is InChI=1S/C19H32N4O3/c1-3-11(2)16(21-18(20)26)17(25)23-22-15(24)10-19-7-12-4-13(8-19)6-14(5-12)9-19/h11-14,16H,3-10H2,1-2H3,(H,22,24)(H,23,25)(H3,20,21,26)/t11-,12?,13?,14?,16+,19?/m0/s1. The molecule has 4 aliphatic carbocycles. The molecule has 0 unspecified atom stereocenters. The van der Waals surface area contributed by atoms with Crippen LogP contribution in [0.3, 0.4) is 0 Å². The molecule has 5 N–H and O–H groups in total. The van der Waals surface area contributed by atoms with Gasteiger partial charge in [0.25, 0.3) is 5.91 Å². The molecule has 4 aliphatic rings. The zero-order valence-corrected chi connectivity index (χ0v) is 15.8. The predicted molar refractivity (Wildman–Crippen MR) is 97.5 cm³/mol. The van der Waals surface area contributed by atoms with E-state index in [9.17, 15) is 14.4 Å². The average molecular weight is 364 g/mol. The van der Waals surface area contributed by atoms with E-state index in [0.29, 0.717) is 12.8 Å². The number of carbonyl (C=O) groups is 3. The van der Waals surface area contributed by atoms with Gasteiger partial charge in [0, 0.05) is 6.42 Å². The lowest BCUT2D eigenvalue weighted by molar-refractivity contribution is -0.135. The summed E-state index contributed by atoms with van der Waals surface area (Å²) in [5.74, 6) is 1.72. The van der Waals surface area contributed by atoms with E-state index in [-0.39, 0.29) is 17.2 Å².